The number of ether oxygens (including phenoxy) is 6. The van der Waals surface area contributed by atoms with E-state index in [0.29, 0.717) is 54.4 Å². The lowest BCUT2D eigenvalue weighted by Gasteiger charge is -2.09. The zero-order valence-corrected chi connectivity index (χ0v) is 25.7. The van der Waals surface area contributed by atoms with Crippen LogP contribution in [0.3, 0.4) is 0 Å². The maximum Gasteiger partial charge on any atom is 0.343 e. The summed E-state index contributed by atoms with van der Waals surface area (Å²) in [5.74, 6) is 0.127. The Morgan fingerprint density at radius 2 is 1.11 bits per heavy atom. The average molecular weight is 619 g/mol. The second-order valence-corrected chi connectivity index (χ2v) is 9.35. The number of hydrogen-bond acceptors (Lipinski definition) is 10. The lowest BCUT2D eigenvalue weighted by Crippen LogP contribution is -2.09. The van der Waals surface area contributed by atoms with Crippen LogP contribution in [0, 0.1) is 13.8 Å². The zero-order chi connectivity index (χ0) is 33.0. The molecule has 0 heterocycles. The van der Waals surface area contributed by atoms with E-state index in [4.69, 9.17) is 23.7 Å². The monoisotopic (exact) mass is 618 g/mol. The van der Waals surface area contributed by atoms with Gasteiger partial charge in [0.15, 0.2) is 0 Å². The van der Waals surface area contributed by atoms with Gasteiger partial charge in [-0.3, -0.25) is 0 Å². The van der Waals surface area contributed by atoms with Crippen LogP contribution in [0.25, 0.3) is 0 Å². The van der Waals surface area contributed by atoms with Crippen LogP contribution in [0.4, 0.5) is 0 Å². The van der Waals surface area contributed by atoms with Crippen LogP contribution in [0.1, 0.15) is 44.7 Å². The molecule has 45 heavy (non-hydrogen) atoms. The van der Waals surface area contributed by atoms with Crippen molar-refractivity contribution in [2.45, 2.75) is 26.7 Å². The Labute approximate surface area is 263 Å². The third-order valence-electron chi connectivity index (χ3n) is 5.84. The first kappa shape index (κ1) is 35.8. The molecule has 0 atom stereocenters. The van der Waals surface area contributed by atoms with E-state index in [1.807, 2.05) is 26.0 Å². The molecule has 238 valence electrons. The van der Waals surface area contributed by atoms with E-state index in [2.05, 4.69) is 17.9 Å². The van der Waals surface area contributed by atoms with Crippen LogP contribution >= 0.6 is 0 Å². The fourth-order valence-corrected chi connectivity index (χ4v) is 3.53. The number of carbonyl (C=O) groups excluding carboxylic acids is 4. The van der Waals surface area contributed by atoms with Gasteiger partial charge in [-0.15, -0.1) is 0 Å². The van der Waals surface area contributed by atoms with E-state index < -0.39 is 17.9 Å². The minimum Gasteiger partial charge on any atom is -0.493 e. The quantitative estimate of drug-likeness (QED) is 0.0659. The molecule has 0 bridgehead atoms. The predicted molar refractivity (Wildman–Crippen MR) is 168 cm³/mol. The molecule has 10 nitrogen and oxygen atoms in total. The maximum atomic E-state index is 12.2. The summed E-state index contributed by atoms with van der Waals surface area (Å²) in [4.78, 5) is 45.1. The summed E-state index contributed by atoms with van der Waals surface area (Å²) in [6.45, 7) is 11.9. The molecule has 0 saturated heterocycles. The van der Waals surface area contributed by atoms with Gasteiger partial charge in [0.1, 0.15) is 17.2 Å². The van der Waals surface area contributed by atoms with Crippen LogP contribution < -0.4 is 14.2 Å². The number of methoxy groups -OCH3 is 1. The van der Waals surface area contributed by atoms with Crippen molar-refractivity contribution in [1.82, 2.24) is 0 Å². The molecular weight excluding hydrogens is 580 g/mol. The highest BCUT2D eigenvalue weighted by Gasteiger charge is 2.11. The molecule has 10 heteroatoms. The summed E-state index contributed by atoms with van der Waals surface area (Å²) in [5.41, 5.74) is 2.94. The minimum absolute atomic E-state index is 0.269. The lowest BCUT2D eigenvalue weighted by molar-refractivity contribution is -0.138. The third-order valence-corrected chi connectivity index (χ3v) is 5.84. The van der Waals surface area contributed by atoms with E-state index in [0.717, 1.165) is 23.3 Å². The highest BCUT2D eigenvalue weighted by atomic mass is 16.5. The fraction of sp³-hybridized carbons (Fsp3) is 0.257. The van der Waals surface area contributed by atoms with E-state index in [1.165, 1.54) is 7.11 Å². The van der Waals surface area contributed by atoms with Crippen LogP contribution in [0.2, 0.25) is 0 Å². The van der Waals surface area contributed by atoms with Crippen molar-refractivity contribution in [2.75, 3.05) is 33.5 Å². The molecule has 0 amide bonds. The highest BCUT2D eigenvalue weighted by molar-refractivity contribution is 5.91. The maximum absolute atomic E-state index is 12.2. The molecule has 0 fully saturated rings. The standard InChI is InChI=1S/C21H22O5.C14H16O5/c1-4-20(22)25-13-5-12-24-18-9-7-17(8-10-18)21(23)26-19-11-6-15(2)14-16(19)3;1-3-13(15)19-10-4-9-18-12-7-5-11(6-8-12)14(16)17-2/h4,6-11,14H,1,5,12-13H2,2-3H3;3,5-8H,1,4,9-10H2,2H3. The lowest BCUT2D eigenvalue weighted by atomic mass is 10.1. The van der Waals surface area contributed by atoms with E-state index >= 15 is 0 Å². The Morgan fingerprint density at radius 3 is 1.53 bits per heavy atom. The van der Waals surface area contributed by atoms with Gasteiger partial charge in [0.05, 0.1) is 44.7 Å². The summed E-state index contributed by atoms with van der Waals surface area (Å²) in [5, 5.41) is 0. The van der Waals surface area contributed by atoms with Crippen molar-refractivity contribution in [3.8, 4) is 17.2 Å². The zero-order valence-electron chi connectivity index (χ0n) is 25.7. The Bertz CT molecular complexity index is 1430. The van der Waals surface area contributed by atoms with Gasteiger partial charge in [0.25, 0.3) is 0 Å². The number of aryl methyl sites for hydroxylation is 2. The molecule has 0 radical (unpaired) electrons. The molecule has 3 aromatic carbocycles. The first-order valence-corrected chi connectivity index (χ1v) is 14.1. The number of esters is 4. The average Bonchev–Trinajstić information content (AvgIpc) is 3.05. The molecule has 0 aromatic heterocycles. The third kappa shape index (κ3) is 13.6. The van der Waals surface area contributed by atoms with Crippen molar-refractivity contribution in [1.29, 1.82) is 0 Å². The van der Waals surface area contributed by atoms with E-state index in [-0.39, 0.29) is 19.2 Å². The molecule has 3 aromatic rings. The number of benzene rings is 3. The number of hydrogen-bond donors (Lipinski definition) is 0. The van der Waals surface area contributed by atoms with Gasteiger partial charge >= 0.3 is 23.9 Å². The topological polar surface area (TPSA) is 124 Å². The number of carbonyl (C=O) groups is 4. The van der Waals surface area contributed by atoms with Crippen molar-refractivity contribution in [3.63, 3.8) is 0 Å². The van der Waals surface area contributed by atoms with Gasteiger partial charge in [-0.2, -0.15) is 0 Å². The van der Waals surface area contributed by atoms with Crippen LogP contribution in [-0.4, -0.2) is 57.4 Å². The van der Waals surface area contributed by atoms with Crippen molar-refractivity contribution >= 4 is 23.9 Å². The summed E-state index contributed by atoms with van der Waals surface area (Å²) in [7, 11) is 1.33. The van der Waals surface area contributed by atoms with Gasteiger partial charge in [0, 0.05) is 25.0 Å². The molecule has 0 N–H and O–H groups in total. The van der Waals surface area contributed by atoms with Gasteiger partial charge < -0.3 is 28.4 Å². The predicted octanol–water partition coefficient (Wildman–Crippen LogP) is 5.99. The second kappa shape index (κ2) is 19.7. The highest BCUT2D eigenvalue weighted by Crippen LogP contribution is 2.21. The van der Waals surface area contributed by atoms with Crippen LogP contribution in [0.15, 0.2) is 92.0 Å². The van der Waals surface area contributed by atoms with Crippen LogP contribution in [0.5, 0.6) is 17.2 Å². The molecule has 0 aliphatic carbocycles. The first-order valence-electron chi connectivity index (χ1n) is 14.1. The SMILES string of the molecule is C=CC(=O)OCCCOc1ccc(C(=O)OC)cc1.C=CC(=O)OCCCOc1ccc(C(=O)Oc2ccc(C)cc2C)cc1. The normalized spacial score (nSPS) is 9.84. The van der Waals surface area contributed by atoms with Gasteiger partial charge in [-0.05, 0) is 74.0 Å². The summed E-state index contributed by atoms with van der Waals surface area (Å²) < 4.78 is 30.6. The Kier molecular flexibility index (Phi) is 15.7. The molecule has 0 spiro atoms. The Hall–Kier alpha value is -5.38. The summed E-state index contributed by atoms with van der Waals surface area (Å²) in [6.07, 6.45) is 3.39. The van der Waals surface area contributed by atoms with E-state index in [1.54, 1.807) is 54.6 Å². The molecular formula is C35H38O10. The second-order valence-electron chi connectivity index (χ2n) is 9.35. The fourth-order valence-electron chi connectivity index (χ4n) is 3.53. The largest absolute Gasteiger partial charge is 0.493 e. The molecule has 0 saturated carbocycles. The Morgan fingerprint density at radius 1 is 0.644 bits per heavy atom. The van der Waals surface area contributed by atoms with Gasteiger partial charge in [-0.1, -0.05) is 30.9 Å². The minimum atomic E-state index is -0.448. The molecule has 3 rings (SSSR count). The van der Waals surface area contributed by atoms with Crippen molar-refractivity contribution in [2.24, 2.45) is 0 Å². The van der Waals surface area contributed by atoms with Crippen molar-refractivity contribution in [3.05, 3.63) is 114 Å². The van der Waals surface area contributed by atoms with Gasteiger partial charge in [0.2, 0.25) is 0 Å². The van der Waals surface area contributed by atoms with Crippen molar-refractivity contribution < 1.29 is 47.6 Å². The molecule has 0 aliphatic rings. The molecule has 0 aliphatic heterocycles. The summed E-state index contributed by atoms with van der Waals surface area (Å²) >= 11 is 0. The van der Waals surface area contributed by atoms with Gasteiger partial charge in [-0.25, -0.2) is 19.2 Å². The first-order chi connectivity index (χ1) is 21.7. The number of rotatable bonds is 15. The van der Waals surface area contributed by atoms with Crippen LogP contribution in [-0.2, 0) is 23.8 Å². The molecule has 0 unspecified atom stereocenters. The van der Waals surface area contributed by atoms with E-state index in [9.17, 15) is 19.2 Å². The smallest absolute Gasteiger partial charge is 0.343 e. The Balaban J connectivity index is 0.000000330. The summed E-state index contributed by atoms with van der Waals surface area (Å²) in [6, 6.07) is 19.0.